The number of hydrogen-bond donors (Lipinski definition) is 1. The molecule has 1 amide bonds. The molecule has 0 spiro atoms. The number of carboxylic acid groups (broad SMARTS) is 1. The lowest BCUT2D eigenvalue weighted by Crippen LogP contribution is -2.40. The Kier molecular flexibility index (Phi) is 7.48. The molecule has 5 heteroatoms. The predicted molar refractivity (Wildman–Crippen MR) is 74.0 cm³/mol. The van der Waals surface area contributed by atoms with Crippen molar-refractivity contribution in [3.05, 3.63) is 0 Å². The molecule has 1 rings (SSSR count). The summed E-state index contributed by atoms with van der Waals surface area (Å²) in [5.41, 5.74) is 0. The Labute approximate surface area is 115 Å². The summed E-state index contributed by atoms with van der Waals surface area (Å²) in [6.45, 7) is 2.81. The number of likely N-dealkylation sites (tertiary alicyclic amines) is 1. The average molecular weight is 270 g/mol. The van der Waals surface area contributed by atoms with Gasteiger partial charge in [-0.1, -0.05) is 19.3 Å². The summed E-state index contributed by atoms with van der Waals surface area (Å²) >= 11 is 0. The van der Waals surface area contributed by atoms with Gasteiger partial charge in [0.25, 0.3) is 0 Å². The van der Waals surface area contributed by atoms with Crippen LogP contribution in [0.25, 0.3) is 0 Å². The molecule has 0 aromatic rings. The maximum atomic E-state index is 12.1. The fourth-order valence-electron chi connectivity index (χ4n) is 2.41. The van der Waals surface area contributed by atoms with Crippen LogP contribution in [-0.4, -0.2) is 60.0 Å². The van der Waals surface area contributed by atoms with Crippen LogP contribution in [0.5, 0.6) is 0 Å². The first-order chi connectivity index (χ1) is 9.09. The molecule has 1 saturated heterocycles. The quantitative estimate of drug-likeness (QED) is 0.796. The number of hydrogen-bond acceptors (Lipinski definition) is 3. The summed E-state index contributed by atoms with van der Waals surface area (Å²) in [4.78, 5) is 26.5. The van der Waals surface area contributed by atoms with Gasteiger partial charge >= 0.3 is 5.97 Å². The zero-order valence-electron chi connectivity index (χ0n) is 11.9. The van der Waals surface area contributed by atoms with Crippen molar-refractivity contribution >= 4 is 11.9 Å². The van der Waals surface area contributed by atoms with Crippen LogP contribution in [0.1, 0.15) is 44.9 Å². The van der Waals surface area contributed by atoms with Crippen LogP contribution in [0, 0.1) is 0 Å². The first kappa shape index (κ1) is 16.0. The minimum absolute atomic E-state index is 0.169. The van der Waals surface area contributed by atoms with E-state index in [1.807, 2.05) is 16.8 Å². The molecule has 110 valence electrons. The van der Waals surface area contributed by atoms with Gasteiger partial charge < -0.3 is 10.0 Å². The van der Waals surface area contributed by atoms with Crippen LogP contribution < -0.4 is 0 Å². The second-order valence-corrected chi connectivity index (χ2v) is 5.38. The average Bonchev–Trinajstić information content (AvgIpc) is 2.27. The third kappa shape index (κ3) is 7.15. The molecular formula is C14H26N2O3. The topological polar surface area (TPSA) is 60.9 Å². The highest BCUT2D eigenvalue weighted by Gasteiger charge is 2.16. The van der Waals surface area contributed by atoms with Gasteiger partial charge in [0.1, 0.15) is 0 Å². The summed E-state index contributed by atoms with van der Waals surface area (Å²) in [5.74, 6) is -0.594. The van der Waals surface area contributed by atoms with Crippen molar-refractivity contribution in [3.8, 4) is 0 Å². The van der Waals surface area contributed by atoms with Gasteiger partial charge in [-0.15, -0.1) is 0 Å². The number of nitrogens with zero attached hydrogens (tertiary/aromatic N) is 2. The number of rotatable bonds is 6. The molecule has 1 heterocycles. The van der Waals surface area contributed by atoms with E-state index >= 15 is 0 Å². The normalized spacial score (nSPS) is 17.1. The fraction of sp³-hybridized carbons (Fsp3) is 0.857. The molecule has 1 aliphatic rings. The molecular weight excluding hydrogens is 244 g/mol. The van der Waals surface area contributed by atoms with E-state index in [0.29, 0.717) is 19.5 Å². The van der Waals surface area contributed by atoms with Crippen molar-refractivity contribution in [2.24, 2.45) is 0 Å². The molecule has 5 nitrogen and oxygen atoms in total. The second-order valence-electron chi connectivity index (χ2n) is 5.38. The first-order valence-corrected chi connectivity index (χ1v) is 7.27. The van der Waals surface area contributed by atoms with Crippen molar-refractivity contribution in [2.45, 2.75) is 44.9 Å². The zero-order valence-corrected chi connectivity index (χ0v) is 11.9. The van der Waals surface area contributed by atoms with Gasteiger partial charge in [-0.3, -0.25) is 14.5 Å². The zero-order chi connectivity index (χ0) is 14.1. The molecule has 0 aliphatic carbocycles. The molecule has 19 heavy (non-hydrogen) atoms. The van der Waals surface area contributed by atoms with Crippen LogP contribution in [0.3, 0.4) is 0 Å². The van der Waals surface area contributed by atoms with Gasteiger partial charge in [0.05, 0.1) is 6.54 Å². The number of amides is 1. The highest BCUT2D eigenvalue weighted by atomic mass is 16.4. The van der Waals surface area contributed by atoms with Gasteiger partial charge in [-0.05, 0) is 32.9 Å². The van der Waals surface area contributed by atoms with Gasteiger partial charge in [0.15, 0.2) is 0 Å². The Morgan fingerprint density at radius 2 is 1.68 bits per heavy atom. The van der Waals surface area contributed by atoms with E-state index in [1.165, 1.54) is 19.3 Å². The van der Waals surface area contributed by atoms with Crippen molar-refractivity contribution in [3.63, 3.8) is 0 Å². The Balaban J connectivity index is 2.25. The van der Waals surface area contributed by atoms with E-state index < -0.39 is 5.97 Å². The predicted octanol–water partition coefficient (Wildman–Crippen LogP) is 1.58. The Morgan fingerprint density at radius 3 is 2.26 bits per heavy atom. The van der Waals surface area contributed by atoms with Gasteiger partial charge in [-0.2, -0.15) is 0 Å². The van der Waals surface area contributed by atoms with Crippen LogP contribution >= 0.6 is 0 Å². The number of carbonyl (C=O) groups excluding carboxylic acids is 1. The molecule has 1 aliphatic heterocycles. The van der Waals surface area contributed by atoms with Crippen LogP contribution in [0.4, 0.5) is 0 Å². The number of likely N-dealkylation sites (N-methyl/N-ethyl adjacent to an activating group) is 1. The van der Waals surface area contributed by atoms with Crippen LogP contribution in [0.15, 0.2) is 0 Å². The lowest BCUT2D eigenvalue weighted by molar-refractivity contribution is -0.137. The SMILES string of the molecule is CN(CCCC(=O)O)CC(=O)N1CCCCCCC1. The van der Waals surface area contributed by atoms with Crippen LogP contribution in [0.2, 0.25) is 0 Å². The Hall–Kier alpha value is -1.10. The van der Waals surface area contributed by atoms with Crippen molar-refractivity contribution < 1.29 is 14.7 Å². The first-order valence-electron chi connectivity index (χ1n) is 7.27. The minimum atomic E-state index is -0.775. The van der Waals surface area contributed by atoms with Crippen molar-refractivity contribution in [2.75, 3.05) is 33.2 Å². The Morgan fingerprint density at radius 1 is 1.11 bits per heavy atom. The fourth-order valence-corrected chi connectivity index (χ4v) is 2.41. The number of aliphatic carboxylic acids is 1. The summed E-state index contributed by atoms with van der Waals surface area (Å²) in [6.07, 6.45) is 6.71. The maximum Gasteiger partial charge on any atom is 0.303 e. The summed E-state index contributed by atoms with van der Waals surface area (Å²) in [6, 6.07) is 0. The molecule has 1 N–H and O–H groups in total. The van der Waals surface area contributed by atoms with E-state index in [9.17, 15) is 9.59 Å². The monoisotopic (exact) mass is 270 g/mol. The second kappa shape index (κ2) is 8.91. The molecule has 0 aromatic heterocycles. The summed E-state index contributed by atoms with van der Waals surface area (Å²) in [7, 11) is 1.88. The number of carboxylic acids is 1. The maximum absolute atomic E-state index is 12.1. The highest BCUT2D eigenvalue weighted by molar-refractivity contribution is 5.78. The summed E-state index contributed by atoms with van der Waals surface area (Å²) < 4.78 is 0. The number of carbonyl (C=O) groups is 2. The third-order valence-electron chi connectivity index (χ3n) is 3.54. The van der Waals surface area contributed by atoms with E-state index in [2.05, 4.69) is 0 Å². The molecule has 0 atom stereocenters. The standard InChI is InChI=1S/C14H26N2O3/c1-15(9-7-8-14(18)19)12-13(17)16-10-5-3-2-4-6-11-16/h2-12H2,1H3,(H,18,19). The third-order valence-corrected chi connectivity index (χ3v) is 3.54. The minimum Gasteiger partial charge on any atom is -0.481 e. The van der Waals surface area contributed by atoms with Gasteiger partial charge in [-0.25, -0.2) is 0 Å². The van der Waals surface area contributed by atoms with Gasteiger partial charge in [0.2, 0.25) is 5.91 Å². The largest absolute Gasteiger partial charge is 0.481 e. The van der Waals surface area contributed by atoms with Gasteiger partial charge in [0, 0.05) is 19.5 Å². The lowest BCUT2D eigenvalue weighted by atomic mass is 10.1. The van der Waals surface area contributed by atoms with Crippen molar-refractivity contribution in [1.29, 1.82) is 0 Å². The highest BCUT2D eigenvalue weighted by Crippen LogP contribution is 2.10. The van der Waals surface area contributed by atoms with Crippen molar-refractivity contribution in [1.82, 2.24) is 9.80 Å². The lowest BCUT2D eigenvalue weighted by Gasteiger charge is -2.27. The molecule has 0 aromatic carbocycles. The van der Waals surface area contributed by atoms with E-state index in [0.717, 1.165) is 25.9 Å². The smallest absolute Gasteiger partial charge is 0.303 e. The Bertz CT molecular complexity index is 286. The summed E-state index contributed by atoms with van der Waals surface area (Å²) in [5, 5.41) is 8.58. The molecule has 1 fully saturated rings. The molecule has 0 radical (unpaired) electrons. The van der Waals surface area contributed by atoms with E-state index in [-0.39, 0.29) is 12.3 Å². The molecule has 0 saturated carbocycles. The van der Waals surface area contributed by atoms with E-state index in [4.69, 9.17) is 5.11 Å². The van der Waals surface area contributed by atoms with Crippen LogP contribution in [-0.2, 0) is 9.59 Å². The molecule has 0 unspecified atom stereocenters. The van der Waals surface area contributed by atoms with E-state index in [1.54, 1.807) is 0 Å². The molecule has 0 bridgehead atoms.